The van der Waals surface area contributed by atoms with Gasteiger partial charge < -0.3 is 5.11 Å². The molecule has 0 bridgehead atoms. The summed E-state index contributed by atoms with van der Waals surface area (Å²) in [5.41, 5.74) is 2.27. The van der Waals surface area contributed by atoms with Gasteiger partial charge in [-0.1, -0.05) is 11.6 Å². The van der Waals surface area contributed by atoms with Crippen LogP contribution in [0.1, 0.15) is 17.0 Å². The van der Waals surface area contributed by atoms with E-state index in [9.17, 15) is 4.79 Å². The Morgan fingerprint density at radius 3 is 3.14 bits per heavy atom. The molecule has 0 spiro atoms. The molecule has 3 atom stereocenters. The lowest BCUT2D eigenvalue weighted by Crippen LogP contribution is -2.05. The molecule has 2 aliphatic rings. The highest BCUT2D eigenvalue weighted by Gasteiger charge is 2.59. The predicted molar refractivity (Wildman–Crippen MR) is 50.3 cm³/mol. The van der Waals surface area contributed by atoms with E-state index in [-0.39, 0.29) is 11.8 Å². The summed E-state index contributed by atoms with van der Waals surface area (Å²) in [7, 11) is 0. The van der Waals surface area contributed by atoms with Crippen molar-refractivity contribution in [1.29, 1.82) is 0 Å². The molecule has 0 aliphatic heterocycles. The zero-order chi connectivity index (χ0) is 9.87. The third-order valence-electron chi connectivity index (χ3n) is 3.26. The van der Waals surface area contributed by atoms with Gasteiger partial charge in [0.25, 0.3) is 0 Å². The molecule has 3 rings (SSSR count). The van der Waals surface area contributed by atoms with Gasteiger partial charge in [-0.2, -0.15) is 0 Å². The maximum absolute atomic E-state index is 10.8. The van der Waals surface area contributed by atoms with Gasteiger partial charge in [-0.3, -0.25) is 4.79 Å². The highest BCUT2D eigenvalue weighted by atomic mass is 35.5. The molecule has 1 N–H and O–H groups in total. The Kier molecular flexibility index (Phi) is 1.46. The van der Waals surface area contributed by atoms with Crippen molar-refractivity contribution in [3.8, 4) is 0 Å². The summed E-state index contributed by atoms with van der Waals surface area (Å²) in [5.74, 6) is -0.360. The molecule has 3 nitrogen and oxygen atoms in total. The maximum atomic E-state index is 10.8. The second kappa shape index (κ2) is 2.48. The number of nitrogens with zero attached hydrogens (tertiary/aromatic N) is 1. The third-order valence-corrected chi connectivity index (χ3v) is 3.47. The minimum atomic E-state index is -0.680. The number of carbonyl (C=O) groups is 1. The Balaban J connectivity index is 1.99. The molecule has 1 heterocycles. The fraction of sp³-hybridized carbons (Fsp3) is 0.400. The van der Waals surface area contributed by atoms with Crippen molar-refractivity contribution in [2.24, 2.45) is 11.8 Å². The number of aromatic nitrogens is 1. The van der Waals surface area contributed by atoms with Crippen molar-refractivity contribution in [3.05, 3.63) is 28.5 Å². The number of hydrogen-bond acceptors (Lipinski definition) is 2. The zero-order valence-corrected chi connectivity index (χ0v) is 8.03. The van der Waals surface area contributed by atoms with Crippen molar-refractivity contribution in [3.63, 3.8) is 0 Å². The Hall–Kier alpha value is -1.09. The lowest BCUT2D eigenvalue weighted by atomic mass is 10.1. The molecule has 4 heteroatoms. The van der Waals surface area contributed by atoms with Gasteiger partial charge in [-0.05, 0) is 29.5 Å². The van der Waals surface area contributed by atoms with E-state index < -0.39 is 5.97 Å². The summed E-state index contributed by atoms with van der Waals surface area (Å²) in [5, 5.41) is 9.39. The van der Waals surface area contributed by atoms with Gasteiger partial charge in [-0.15, -0.1) is 0 Å². The van der Waals surface area contributed by atoms with Crippen LogP contribution in [0.2, 0.25) is 5.15 Å². The molecule has 0 aromatic carbocycles. The second-order valence-electron chi connectivity index (χ2n) is 3.96. The average molecular weight is 210 g/mol. The molecule has 1 aromatic heterocycles. The largest absolute Gasteiger partial charge is 0.481 e. The number of rotatable bonds is 1. The summed E-state index contributed by atoms with van der Waals surface area (Å²) in [4.78, 5) is 14.8. The first-order chi connectivity index (χ1) is 6.68. The Labute approximate surface area is 85.7 Å². The smallest absolute Gasteiger partial charge is 0.307 e. The first kappa shape index (κ1) is 8.24. The molecule has 0 amide bonds. The van der Waals surface area contributed by atoms with Crippen molar-refractivity contribution in [2.45, 2.75) is 12.3 Å². The van der Waals surface area contributed by atoms with E-state index >= 15 is 0 Å². The van der Waals surface area contributed by atoms with E-state index in [0.717, 1.165) is 12.0 Å². The van der Waals surface area contributed by atoms with Gasteiger partial charge in [0, 0.05) is 12.1 Å². The van der Waals surface area contributed by atoms with Crippen molar-refractivity contribution >= 4 is 17.6 Å². The average Bonchev–Trinajstić information content (AvgIpc) is 2.70. The molecule has 3 unspecified atom stereocenters. The molecular formula is C10H8ClNO2. The van der Waals surface area contributed by atoms with Crippen LogP contribution in [0.15, 0.2) is 12.3 Å². The highest BCUT2D eigenvalue weighted by molar-refractivity contribution is 6.29. The van der Waals surface area contributed by atoms with Crippen LogP contribution in [0.4, 0.5) is 0 Å². The first-order valence-electron chi connectivity index (χ1n) is 4.55. The number of carboxylic acid groups (broad SMARTS) is 1. The SMILES string of the molecule is O=C(O)C1C2Cc3cc(Cl)ncc3C21. The Bertz CT molecular complexity index is 432. The maximum Gasteiger partial charge on any atom is 0.307 e. The monoisotopic (exact) mass is 209 g/mol. The van der Waals surface area contributed by atoms with E-state index in [2.05, 4.69) is 4.98 Å². The molecule has 0 saturated heterocycles. The molecule has 1 fully saturated rings. The van der Waals surface area contributed by atoms with Gasteiger partial charge in [-0.25, -0.2) is 4.98 Å². The number of aliphatic carboxylic acids is 1. The first-order valence-corrected chi connectivity index (χ1v) is 4.93. The van der Waals surface area contributed by atoms with Crippen LogP contribution >= 0.6 is 11.6 Å². The van der Waals surface area contributed by atoms with Crippen molar-refractivity contribution in [1.82, 2.24) is 4.98 Å². The topological polar surface area (TPSA) is 50.2 Å². The minimum absolute atomic E-state index is 0.175. The summed E-state index contributed by atoms with van der Waals surface area (Å²) < 4.78 is 0. The van der Waals surface area contributed by atoms with Crippen LogP contribution in [0.25, 0.3) is 0 Å². The molecule has 72 valence electrons. The zero-order valence-electron chi connectivity index (χ0n) is 7.27. The van der Waals surface area contributed by atoms with E-state index in [4.69, 9.17) is 16.7 Å². The van der Waals surface area contributed by atoms with Gasteiger partial charge in [0.15, 0.2) is 0 Å². The number of pyridine rings is 1. The fourth-order valence-corrected chi connectivity index (χ4v) is 2.78. The van der Waals surface area contributed by atoms with Crippen LogP contribution in [0, 0.1) is 11.8 Å². The lowest BCUT2D eigenvalue weighted by molar-refractivity contribution is -0.139. The summed E-state index contributed by atoms with van der Waals surface area (Å²) in [6.45, 7) is 0. The third kappa shape index (κ3) is 0.932. The molecular weight excluding hydrogens is 202 g/mol. The number of fused-ring (bicyclic) bond motifs is 3. The normalized spacial score (nSPS) is 32.2. The van der Waals surface area contributed by atoms with Crippen LogP contribution in [-0.4, -0.2) is 16.1 Å². The molecule has 0 radical (unpaired) electrons. The summed E-state index contributed by atoms with van der Waals surface area (Å²) in [6, 6.07) is 1.85. The number of halogens is 1. The van der Waals surface area contributed by atoms with Crippen LogP contribution in [-0.2, 0) is 11.2 Å². The summed E-state index contributed by atoms with van der Waals surface area (Å²) in [6.07, 6.45) is 2.57. The van der Waals surface area contributed by atoms with Gasteiger partial charge >= 0.3 is 5.97 Å². The second-order valence-corrected chi connectivity index (χ2v) is 4.35. The number of hydrogen-bond donors (Lipinski definition) is 1. The van der Waals surface area contributed by atoms with Crippen LogP contribution < -0.4 is 0 Å². The fourth-order valence-electron chi connectivity index (χ4n) is 2.60. The molecule has 14 heavy (non-hydrogen) atoms. The highest BCUT2D eigenvalue weighted by Crippen LogP contribution is 2.61. The van der Waals surface area contributed by atoms with E-state index in [1.807, 2.05) is 6.07 Å². The molecule has 1 aromatic rings. The van der Waals surface area contributed by atoms with E-state index in [1.165, 1.54) is 5.56 Å². The molecule has 2 aliphatic carbocycles. The summed E-state index contributed by atoms with van der Waals surface area (Å²) >= 11 is 5.76. The quantitative estimate of drug-likeness (QED) is 0.717. The van der Waals surface area contributed by atoms with Crippen molar-refractivity contribution < 1.29 is 9.90 Å². The van der Waals surface area contributed by atoms with Crippen LogP contribution in [0.3, 0.4) is 0 Å². The standard InChI is InChI=1S/C10H8ClNO2/c11-7-2-4-1-5-8(6(4)3-12-7)9(5)10(13)14/h2-3,5,8-9H,1H2,(H,13,14). The Morgan fingerprint density at radius 2 is 2.43 bits per heavy atom. The lowest BCUT2D eigenvalue weighted by Gasteiger charge is -2.04. The van der Waals surface area contributed by atoms with E-state index in [0.29, 0.717) is 11.1 Å². The van der Waals surface area contributed by atoms with E-state index in [1.54, 1.807) is 6.20 Å². The minimum Gasteiger partial charge on any atom is -0.481 e. The predicted octanol–water partition coefficient (Wildman–Crippen LogP) is 1.71. The van der Waals surface area contributed by atoms with Crippen molar-refractivity contribution in [2.75, 3.05) is 0 Å². The van der Waals surface area contributed by atoms with Crippen LogP contribution in [0.5, 0.6) is 0 Å². The van der Waals surface area contributed by atoms with Gasteiger partial charge in [0.2, 0.25) is 0 Å². The Morgan fingerprint density at radius 1 is 1.64 bits per heavy atom. The molecule has 1 saturated carbocycles. The van der Waals surface area contributed by atoms with Gasteiger partial charge in [0.1, 0.15) is 5.15 Å². The number of carboxylic acids is 1. The van der Waals surface area contributed by atoms with Gasteiger partial charge in [0.05, 0.1) is 5.92 Å².